The van der Waals surface area contributed by atoms with E-state index in [4.69, 9.17) is 11.0 Å². The molecule has 3 aromatic rings. The maximum absolute atomic E-state index is 8.86. The lowest BCUT2D eigenvalue weighted by molar-refractivity contribution is 1.31. The second-order valence-corrected chi connectivity index (χ2v) is 4.18. The van der Waals surface area contributed by atoms with Crippen LogP contribution in [0.2, 0.25) is 0 Å². The highest BCUT2D eigenvalue weighted by Gasteiger charge is 2.03. The fourth-order valence-corrected chi connectivity index (χ4v) is 1.89. The Kier molecular flexibility index (Phi) is 2.54. The molecule has 0 amide bonds. The molecular formula is C14H11N5. The van der Waals surface area contributed by atoms with Crippen molar-refractivity contribution in [3.63, 3.8) is 0 Å². The summed E-state index contributed by atoms with van der Waals surface area (Å²) in [5, 5.41) is 12.0. The van der Waals surface area contributed by atoms with Crippen LogP contribution < -0.4 is 11.1 Å². The average molecular weight is 249 g/mol. The Morgan fingerprint density at radius 1 is 1.21 bits per heavy atom. The fraction of sp³-hybridized carbons (Fsp3) is 0. The molecule has 2 aromatic carbocycles. The van der Waals surface area contributed by atoms with Gasteiger partial charge in [-0.25, -0.2) is 4.98 Å². The predicted octanol–water partition coefficient (Wildman–Crippen LogP) is 2.76. The van der Waals surface area contributed by atoms with Gasteiger partial charge >= 0.3 is 0 Å². The largest absolute Gasteiger partial charge is 0.399 e. The zero-order chi connectivity index (χ0) is 13.2. The summed E-state index contributed by atoms with van der Waals surface area (Å²) in [6.07, 6.45) is 0. The van der Waals surface area contributed by atoms with Gasteiger partial charge in [0, 0.05) is 11.4 Å². The summed E-state index contributed by atoms with van der Waals surface area (Å²) in [4.78, 5) is 7.54. The van der Waals surface area contributed by atoms with E-state index in [0.29, 0.717) is 17.2 Å². The van der Waals surface area contributed by atoms with Crippen LogP contribution in [0.25, 0.3) is 11.0 Å². The van der Waals surface area contributed by atoms with Crippen molar-refractivity contribution in [2.75, 3.05) is 11.1 Å². The highest BCUT2D eigenvalue weighted by Crippen LogP contribution is 2.20. The molecule has 0 radical (unpaired) electrons. The third-order valence-corrected chi connectivity index (χ3v) is 2.76. The lowest BCUT2D eigenvalue weighted by atomic mass is 10.2. The first-order chi connectivity index (χ1) is 9.24. The molecule has 0 atom stereocenters. The lowest BCUT2D eigenvalue weighted by Crippen LogP contribution is -1.92. The Morgan fingerprint density at radius 2 is 2.11 bits per heavy atom. The number of hydrogen-bond acceptors (Lipinski definition) is 4. The lowest BCUT2D eigenvalue weighted by Gasteiger charge is -2.01. The molecule has 4 N–H and O–H groups in total. The molecule has 0 bridgehead atoms. The number of nitrogens with one attached hydrogen (secondary N) is 2. The van der Waals surface area contributed by atoms with Gasteiger partial charge in [0.05, 0.1) is 22.7 Å². The van der Waals surface area contributed by atoms with Crippen molar-refractivity contribution in [2.24, 2.45) is 0 Å². The van der Waals surface area contributed by atoms with E-state index in [2.05, 4.69) is 21.4 Å². The first-order valence-electron chi connectivity index (χ1n) is 5.77. The summed E-state index contributed by atoms with van der Waals surface area (Å²) in [6.45, 7) is 0. The van der Waals surface area contributed by atoms with Gasteiger partial charge in [0.2, 0.25) is 5.95 Å². The van der Waals surface area contributed by atoms with Crippen LogP contribution in [-0.4, -0.2) is 9.97 Å². The number of anilines is 3. The van der Waals surface area contributed by atoms with Crippen molar-refractivity contribution in [1.29, 1.82) is 5.26 Å². The molecule has 19 heavy (non-hydrogen) atoms. The van der Waals surface area contributed by atoms with Crippen LogP contribution in [0.4, 0.5) is 17.3 Å². The van der Waals surface area contributed by atoms with Crippen LogP contribution in [0.15, 0.2) is 42.5 Å². The van der Waals surface area contributed by atoms with Crippen molar-refractivity contribution < 1.29 is 0 Å². The molecule has 3 rings (SSSR count). The molecule has 0 spiro atoms. The number of nitrogens with two attached hydrogens (primary N) is 1. The Morgan fingerprint density at radius 3 is 2.95 bits per heavy atom. The summed E-state index contributed by atoms with van der Waals surface area (Å²) < 4.78 is 0. The minimum atomic E-state index is 0.602. The summed E-state index contributed by atoms with van der Waals surface area (Å²) in [7, 11) is 0. The van der Waals surface area contributed by atoms with Crippen LogP contribution in [0, 0.1) is 11.3 Å². The van der Waals surface area contributed by atoms with Crippen molar-refractivity contribution in [3.8, 4) is 6.07 Å². The Hall–Kier alpha value is -3.00. The van der Waals surface area contributed by atoms with E-state index in [0.717, 1.165) is 16.7 Å². The van der Waals surface area contributed by atoms with E-state index >= 15 is 0 Å². The number of nitriles is 1. The van der Waals surface area contributed by atoms with Crippen molar-refractivity contribution >= 4 is 28.4 Å². The number of aromatic amines is 1. The molecule has 0 aliphatic rings. The Balaban J connectivity index is 1.94. The zero-order valence-electron chi connectivity index (χ0n) is 10.0. The second kappa shape index (κ2) is 4.35. The van der Waals surface area contributed by atoms with Crippen molar-refractivity contribution in [2.45, 2.75) is 0 Å². The molecular weight excluding hydrogens is 238 g/mol. The van der Waals surface area contributed by atoms with Crippen molar-refractivity contribution in [3.05, 3.63) is 48.0 Å². The van der Waals surface area contributed by atoms with Gasteiger partial charge in [0.1, 0.15) is 0 Å². The summed E-state index contributed by atoms with van der Waals surface area (Å²) in [5.41, 5.74) is 9.54. The topological polar surface area (TPSA) is 90.5 Å². The molecule has 5 heteroatoms. The molecule has 0 unspecified atom stereocenters. The van der Waals surface area contributed by atoms with Gasteiger partial charge in [-0.1, -0.05) is 6.07 Å². The van der Waals surface area contributed by atoms with Gasteiger partial charge < -0.3 is 16.0 Å². The quantitative estimate of drug-likeness (QED) is 0.609. The summed E-state index contributed by atoms with van der Waals surface area (Å²) in [5.74, 6) is 0.621. The van der Waals surface area contributed by atoms with Gasteiger partial charge in [-0.15, -0.1) is 0 Å². The number of fused-ring (bicyclic) bond motifs is 1. The van der Waals surface area contributed by atoms with E-state index in [9.17, 15) is 0 Å². The maximum atomic E-state index is 8.86. The molecule has 0 aliphatic heterocycles. The normalized spacial score (nSPS) is 10.3. The highest BCUT2D eigenvalue weighted by molar-refractivity contribution is 5.81. The van der Waals surface area contributed by atoms with Crippen molar-refractivity contribution in [1.82, 2.24) is 9.97 Å². The van der Waals surface area contributed by atoms with Crippen LogP contribution in [0.3, 0.4) is 0 Å². The number of H-pyrrole nitrogens is 1. The Bertz CT molecular complexity index is 782. The first-order valence-corrected chi connectivity index (χ1v) is 5.77. The van der Waals surface area contributed by atoms with Gasteiger partial charge in [-0.05, 0) is 36.4 Å². The van der Waals surface area contributed by atoms with Crippen LogP contribution >= 0.6 is 0 Å². The zero-order valence-corrected chi connectivity index (χ0v) is 10.0. The number of nitrogen functional groups attached to an aromatic ring is 1. The van der Waals surface area contributed by atoms with Crippen LogP contribution in [0.1, 0.15) is 5.56 Å². The minimum Gasteiger partial charge on any atom is -0.399 e. The monoisotopic (exact) mass is 249 g/mol. The molecule has 5 nitrogen and oxygen atoms in total. The highest BCUT2D eigenvalue weighted by atomic mass is 15.1. The number of aromatic nitrogens is 2. The minimum absolute atomic E-state index is 0.602. The van der Waals surface area contributed by atoms with E-state index in [1.165, 1.54) is 0 Å². The molecule has 1 aromatic heterocycles. The fourth-order valence-electron chi connectivity index (χ4n) is 1.89. The van der Waals surface area contributed by atoms with Crippen LogP contribution in [-0.2, 0) is 0 Å². The van der Waals surface area contributed by atoms with Gasteiger partial charge in [-0.2, -0.15) is 5.26 Å². The smallest absolute Gasteiger partial charge is 0.205 e. The van der Waals surface area contributed by atoms with E-state index in [1.54, 1.807) is 12.1 Å². The number of nitrogens with zero attached hydrogens (tertiary/aromatic N) is 2. The van der Waals surface area contributed by atoms with Gasteiger partial charge in [0.15, 0.2) is 0 Å². The number of imidazole rings is 1. The van der Waals surface area contributed by atoms with E-state index in [-0.39, 0.29) is 0 Å². The summed E-state index contributed by atoms with van der Waals surface area (Å²) in [6, 6.07) is 14.8. The second-order valence-electron chi connectivity index (χ2n) is 4.18. The molecule has 92 valence electrons. The number of benzene rings is 2. The average Bonchev–Trinajstić information content (AvgIpc) is 2.80. The van der Waals surface area contributed by atoms with E-state index < -0.39 is 0 Å². The van der Waals surface area contributed by atoms with Crippen LogP contribution in [0.5, 0.6) is 0 Å². The SMILES string of the molecule is N#Cc1cccc(Nc2nc3ccc(N)cc3[nH]2)c1. The standard InChI is InChI=1S/C14H11N5/c15-8-9-2-1-3-11(6-9)17-14-18-12-5-4-10(16)7-13(12)19-14/h1-7H,16H2,(H2,17,18,19). The predicted molar refractivity (Wildman–Crippen MR) is 74.9 cm³/mol. The molecule has 0 saturated heterocycles. The van der Waals surface area contributed by atoms with Gasteiger partial charge in [0.25, 0.3) is 0 Å². The van der Waals surface area contributed by atoms with E-state index in [1.807, 2.05) is 30.3 Å². The maximum Gasteiger partial charge on any atom is 0.205 e. The number of hydrogen-bond donors (Lipinski definition) is 3. The Labute approximate surface area is 109 Å². The first kappa shape index (κ1) is 11.1. The molecule has 0 fully saturated rings. The van der Waals surface area contributed by atoms with Gasteiger partial charge in [-0.3, -0.25) is 0 Å². The molecule has 1 heterocycles. The molecule has 0 aliphatic carbocycles. The summed E-state index contributed by atoms with van der Waals surface area (Å²) >= 11 is 0. The third kappa shape index (κ3) is 2.19. The molecule has 0 saturated carbocycles. The number of rotatable bonds is 2. The third-order valence-electron chi connectivity index (χ3n) is 2.76.